The Morgan fingerprint density at radius 2 is 1.16 bits per heavy atom. The molecule has 0 amide bonds. The third-order valence-corrected chi connectivity index (χ3v) is 13.2. The number of para-hydroxylation sites is 1. The highest BCUT2D eigenvalue weighted by Crippen LogP contribution is 2.41. The summed E-state index contributed by atoms with van der Waals surface area (Å²) in [6.45, 7) is 5.92. The Morgan fingerprint density at radius 1 is 0.600 bits per heavy atom. The van der Waals surface area contributed by atoms with Gasteiger partial charge >= 0.3 is 0 Å². The highest BCUT2D eigenvalue weighted by molar-refractivity contribution is 7.25. The van der Waals surface area contributed by atoms with Gasteiger partial charge in [-0.1, -0.05) is 148 Å². The molecule has 5 nitrogen and oxygen atoms in total. The second kappa shape index (κ2) is 22.2. The van der Waals surface area contributed by atoms with Crippen LogP contribution in [0.2, 0.25) is 0 Å². The summed E-state index contributed by atoms with van der Waals surface area (Å²) < 4.78 is 14.3. The van der Waals surface area contributed by atoms with Crippen LogP contribution in [-0.4, -0.2) is 16.2 Å². The number of aryl methyl sites for hydroxylation is 1. The monoisotopic (exact) mass is 778 g/mol. The molecule has 0 N–H and O–H groups in total. The third kappa shape index (κ3) is 11.9. The molecule has 6 aromatic rings. The summed E-state index contributed by atoms with van der Waals surface area (Å²) in [7, 11) is 0. The maximum absolute atomic E-state index is 14.3. The van der Waals surface area contributed by atoms with Crippen LogP contribution in [0, 0.1) is 0 Å². The Morgan fingerprint density at radius 3 is 1.82 bits per heavy atom. The van der Waals surface area contributed by atoms with Crippen LogP contribution >= 0.6 is 22.7 Å². The average Bonchev–Trinajstić information content (AvgIpc) is 3.99. The number of ether oxygens (including phenoxy) is 1. The number of pyridine rings is 2. The van der Waals surface area contributed by atoms with E-state index >= 15 is 0 Å². The summed E-state index contributed by atoms with van der Waals surface area (Å²) >= 11 is 3.39. The number of benzene rings is 1. The summed E-state index contributed by atoms with van der Waals surface area (Å²) in [6, 6.07) is 24.8. The summed E-state index contributed by atoms with van der Waals surface area (Å²) in [4.78, 5) is 23.6. The Kier molecular flexibility index (Phi) is 16.5. The molecular weight excluding hydrogens is 717 g/mol. The van der Waals surface area contributed by atoms with Gasteiger partial charge in [-0.3, -0.25) is 4.79 Å². The summed E-state index contributed by atoms with van der Waals surface area (Å²) in [6.07, 6.45) is 25.7. The van der Waals surface area contributed by atoms with Gasteiger partial charge in [0.2, 0.25) is 5.88 Å². The van der Waals surface area contributed by atoms with Crippen molar-refractivity contribution in [2.75, 3.05) is 6.61 Å². The molecule has 0 aliphatic carbocycles. The van der Waals surface area contributed by atoms with E-state index in [4.69, 9.17) is 14.1 Å². The Labute approximate surface area is 337 Å². The lowest BCUT2D eigenvalue weighted by Crippen LogP contribution is -2.22. The summed E-state index contributed by atoms with van der Waals surface area (Å²) in [5.74, 6) is 1.53. The first-order chi connectivity index (χ1) is 27.1. The maximum Gasteiger partial charge on any atom is 0.259 e. The van der Waals surface area contributed by atoms with Crippen molar-refractivity contribution in [3.63, 3.8) is 0 Å². The number of aromatic nitrogens is 2. The van der Waals surface area contributed by atoms with E-state index in [0.717, 1.165) is 61.7 Å². The van der Waals surface area contributed by atoms with Crippen molar-refractivity contribution in [3.05, 3.63) is 83.2 Å². The van der Waals surface area contributed by atoms with Crippen LogP contribution in [0.3, 0.4) is 0 Å². The Hall–Kier alpha value is -3.68. The van der Waals surface area contributed by atoms with Gasteiger partial charge in [0.05, 0.1) is 28.1 Å². The minimum absolute atomic E-state index is 0.0619. The highest BCUT2D eigenvalue weighted by Gasteiger charge is 2.17. The van der Waals surface area contributed by atoms with E-state index in [1.54, 1.807) is 22.7 Å². The van der Waals surface area contributed by atoms with Crippen molar-refractivity contribution in [1.82, 2.24) is 9.55 Å². The predicted octanol–water partition coefficient (Wildman–Crippen LogP) is 15.5. The number of fused-ring (bicyclic) bond motifs is 2. The highest BCUT2D eigenvalue weighted by atomic mass is 32.1. The number of thiophene rings is 2. The molecule has 0 fully saturated rings. The van der Waals surface area contributed by atoms with Crippen molar-refractivity contribution in [2.45, 2.75) is 149 Å². The smallest absolute Gasteiger partial charge is 0.259 e. The van der Waals surface area contributed by atoms with Crippen LogP contribution in [0.4, 0.5) is 0 Å². The van der Waals surface area contributed by atoms with Crippen molar-refractivity contribution in [1.29, 1.82) is 0 Å². The van der Waals surface area contributed by atoms with E-state index in [0.29, 0.717) is 24.6 Å². The normalized spacial score (nSPS) is 11.7. The zero-order chi connectivity index (χ0) is 38.1. The second-order valence-corrected chi connectivity index (χ2v) is 17.4. The minimum atomic E-state index is 0.0619. The third-order valence-electron chi connectivity index (χ3n) is 10.8. The van der Waals surface area contributed by atoms with Crippen LogP contribution in [0.15, 0.2) is 82.0 Å². The van der Waals surface area contributed by atoms with Gasteiger partial charge in [0.25, 0.3) is 5.56 Å². The Balaban J connectivity index is 1.12. The van der Waals surface area contributed by atoms with E-state index in [1.807, 2.05) is 41.0 Å². The molecular formula is C48H62N2O3S2. The quantitative estimate of drug-likeness (QED) is 0.0515. The summed E-state index contributed by atoms with van der Waals surface area (Å²) in [5, 5.41) is 1.11. The summed E-state index contributed by atoms with van der Waals surface area (Å²) in [5.41, 5.74) is 3.38. The molecule has 5 heterocycles. The van der Waals surface area contributed by atoms with E-state index in [2.05, 4.69) is 50.2 Å². The number of furan rings is 1. The van der Waals surface area contributed by atoms with Crippen molar-refractivity contribution in [2.24, 2.45) is 0 Å². The molecule has 0 aliphatic rings. The molecule has 0 unspecified atom stereocenters. The van der Waals surface area contributed by atoms with Gasteiger partial charge in [-0.15, -0.1) is 22.7 Å². The molecule has 0 spiro atoms. The van der Waals surface area contributed by atoms with Crippen LogP contribution in [0.1, 0.15) is 142 Å². The van der Waals surface area contributed by atoms with Crippen molar-refractivity contribution in [3.8, 4) is 36.7 Å². The zero-order valence-corrected chi connectivity index (χ0v) is 35.1. The number of rotatable bonds is 26. The van der Waals surface area contributed by atoms with Gasteiger partial charge in [0.15, 0.2) is 0 Å². The van der Waals surface area contributed by atoms with Crippen LogP contribution in [0.5, 0.6) is 5.88 Å². The molecule has 0 aliphatic heterocycles. The molecule has 0 radical (unpaired) electrons. The first-order valence-electron chi connectivity index (χ1n) is 21.5. The first-order valence-corrected chi connectivity index (χ1v) is 23.1. The van der Waals surface area contributed by atoms with E-state index in [9.17, 15) is 4.79 Å². The van der Waals surface area contributed by atoms with Gasteiger partial charge in [0.1, 0.15) is 11.3 Å². The van der Waals surface area contributed by atoms with Gasteiger partial charge in [-0.05, 0) is 61.4 Å². The van der Waals surface area contributed by atoms with Crippen molar-refractivity contribution >= 4 is 44.7 Å². The molecule has 294 valence electrons. The van der Waals surface area contributed by atoms with Gasteiger partial charge in [-0.25, -0.2) is 4.98 Å². The van der Waals surface area contributed by atoms with E-state index in [-0.39, 0.29) is 5.56 Å². The average molecular weight is 779 g/mol. The molecule has 0 bridgehead atoms. The number of hydrogen-bond donors (Lipinski definition) is 0. The van der Waals surface area contributed by atoms with E-state index < -0.39 is 0 Å². The molecule has 55 heavy (non-hydrogen) atoms. The fraction of sp³-hybridized carbons (Fsp3) is 0.500. The fourth-order valence-electron chi connectivity index (χ4n) is 7.56. The van der Waals surface area contributed by atoms with Gasteiger partial charge < -0.3 is 13.7 Å². The second-order valence-electron chi connectivity index (χ2n) is 15.3. The van der Waals surface area contributed by atoms with Crippen LogP contribution < -0.4 is 10.3 Å². The predicted molar refractivity (Wildman–Crippen MR) is 237 cm³/mol. The molecule has 6 rings (SSSR count). The SMILES string of the molecule is CCCCCCCCCCCCOc1ccc2c(cc(-c3ccc(-c4ccc(-c5cc6ccccc6o5)s4)s3)c(=O)n2CCCCCCCCCCCC)n1. The largest absolute Gasteiger partial charge is 0.478 e. The Bertz CT molecular complexity index is 2050. The van der Waals surface area contributed by atoms with Gasteiger partial charge in [-0.2, -0.15) is 0 Å². The van der Waals surface area contributed by atoms with Crippen molar-refractivity contribution < 1.29 is 9.15 Å². The molecule has 0 saturated carbocycles. The van der Waals surface area contributed by atoms with Gasteiger partial charge in [0, 0.05) is 32.6 Å². The van der Waals surface area contributed by atoms with Crippen LogP contribution in [-0.2, 0) is 6.54 Å². The lowest BCUT2D eigenvalue weighted by Gasteiger charge is -2.13. The lowest BCUT2D eigenvalue weighted by atomic mass is 10.1. The first kappa shape index (κ1) is 41.0. The molecule has 0 atom stereocenters. The number of nitrogens with zero attached hydrogens (tertiary/aromatic N) is 2. The standard InChI is InChI=1S/C48H62N2O3S2/c1-3-5-7-9-11-13-15-17-19-23-33-50-40-27-32-47(52-34-24-20-18-16-14-12-10-8-6-4-2)49-39(40)36-38(48(50)51)43-28-30-45(54-43)46-31-29-44(55-46)42-35-37-25-21-22-26-41(37)53-42/h21-22,25-32,35-36H,3-20,23-24,33-34H2,1-2H3. The molecule has 0 saturated heterocycles. The number of hydrogen-bond acceptors (Lipinski definition) is 6. The molecule has 5 aromatic heterocycles. The topological polar surface area (TPSA) is 57.3 Å². The fourth-order valence-corrected chi connectivity index (χ4v) is 9.62. The molecule has 1 aromatic carbocycles. The minimum Gasteiger partial charge on any atom is -0.478 e. The molecule has 7 heteroatoms. The zero-order valence-electron chi connectivity index (χ0n) is 33.4. The number of unbranched alkanes of at least 4 members (excludes halogenated alkanes) is 18. The lowest BCUT2D eigenvalue weighted by molar-refractivity contribution is 0.294. The van der Waals surface area contributed by atoms with Crippen LogP contribution in [0.25, 0.3) is 52.8 Å². The maximum atomic E-state index is 14.3. The van der Waals surface area contributed by atoms with E-state index in [1.165, 1.54) is 114 Å².